The Morgan fingerprint density at radius 3 is 2.52 bits per heavy atom. The normalized spacial score (nSPS) is 11.3. The van der Waals surface area contributed by atoms with E-state index < -0.39 is 5.97 Å². The zero-order valence-corrected chi connectivity index (χ0v) is 13.7. The number of aromatic nitrogens is 1. The molecular formula is C20H21NO2. The zero-order valence-electron chi connectivity index (χ0n) is 13.7. The molecule has 0 spiro atoms. The van der Waals surface area contributed by atoms with Crippen molar-refractivity contribution >= 4 is 16.9 Å². The molecule has 1 heterocycles. The Hall–Kier alpha value is -2.55. The molecule has 1 aromatic heterocycles. The molecule has 118 valence electrons. The third kappa shape index (κ3) is 3.00. The molecule has 0 amide bonds. The lowest BCUT2D eigenvalue weighted by atomic mass is 10.0. The van der Waals surface area contributed by atoms with Crippen LogP contribution >= 0.6 is 0 Å². The minimum Gasteiger partial charge on any atom is -0.478 e. The van der Waals surface area contributed by atoms with E-state index in [0.29, 0.717) is 11.5 Å². The largest absolute Gasteiger partial charge is 0.478 e. The minimum atomic E-state index is -0.874. The number of carboxylic acids is 1. The summed E-state index contributed by atoms with van der Waals surface area (Å²) < 4.78 is 2.06. The molecule has 0 atom stereocenters. The van der Waals surface area contributed by atoms with E-state index in [0.717, 1.165) is 28.6 Å². The lowest BCUT2D eigenvalue weighted by Crippen LogP contribution is -2.03. The minimum absolute atomic E-state index is 0.372. The Bertz CT molecular complexity index is 874. The van der Waals surface area contributed by atoms with Gasteiger partial charge in [0.25, 0.3) is 0 Å². The van der Waals surface area contributed by atoms with E-state index in [9.17, 15) is 9.90 Å². The van der Waals surface area contributed by atoms with Gasteiger partial charge in [0.15, 0.2) is 0 Å². The number of aryl methyl sites for hydroxylation is 1. The molecule has 2 aromatic carbocycles. The van der Waals surface area contributed by atoms with E-state index in [1.54, 1.807) is 6.20 Å². The molecule has 0 saturated heterocycles. The monoisotopic (exact) mass is 307 g/mol. The van der Waals surface area contributed by atoms with E-state index in [2.05, 4.69) is 49.6 Å². The van der Waals surface area contributed by atoms with E-state index in [1.165, 1.54) is 5.56 Å². The van der Waals surface area contributed by atoms with Crippen molar-refractivity contribution in [2.24, 2.45) is 5.92 Å². The summed E-state index contributed by atoms with van der Waals surface area (Å²) in [5, 5.41) is 10.2. The zero-order chi connectivity index (χ0) is 16.6. The van der Waals surface area contributed by atoms with Crippen molar-refractivity contribution in [2.45, 2.75) is 27.3 Å². The number of fused-ring (bicyclic) bond motifs is 1. The summed E-state index contributed by atoms with van der Waals surface area (Å²) in [7, 11) is 0. The van der Waals surface area contributed by atoms with E-state index in [4.69, 9.17) is 0 Å². The van der Waals surface area contributed by atoms with Crippen molar-refractivity contribution in [3.63, 3.8) is 0 Å². The lowest BCUT2D eigenvalue weighted by Gasteiger charge is -2.09. The van der Waals surface area contributed by atoms with Crippen LogP contribution in [-0.4, -0.2) is 15.6 Å². The van der Waals surface area contributed by atoms with Gasteiger partial charge in [0.1, 0.15) is 0 Å². The highest BCUT2D eigenvalue weighted by Gasteiger charge is 2.15. The fourth-order valence-electron chi connectivity index (χ4n) is 3.01. The van der Waals surface area contributed by atoms with Gasteiger partial charge in [-0.1, -0.05) is 55.8 Å². The van der Waals surface area contributed by atoms with Crippen LogP contribution in [-0.2, 0) is 6.54 Å². The Kier molecular flexibility index (Phi) is 3.95. The summed E-state index contributed by atoms with van der Waals surface area (Å²) in [5.74, 6) is -0.421. The Morgan fingerprint density at radius 1 is 1.13 bits per heavy atom. The number of benzene rings is 2. The molecule has 3 nitrogen and oxygen atoms in total. The van der Waals surface area contributed by atoms with Crippen LogP contribution in [0.2, 0.25) is 0 Å². The van der Waals surface area contributed by atoms with Gasteiger partial charge in [-0.05, 0) is 30.0 Å². The molecule has 0 unspecified atom stereocenters. The van der Waals surface area contributed by atoms with Crippen LogP contribution in [0.25, 0.3) is 22.0 Å². The van der Waals surface area contributed by atoms with Gasteiger partial charge < -0.3 is 9.67 Å². The molecule has 1 N–H and O–H groups in total. The van der Waals surface area contributed by atoms with Crippen molar-refractivity contribution in [3.05, 3.63) is 59.8 Å². The summed E-state index contributed by atoms with van der Waals surface area (Å²) >= 11 is 0. The third-order valence-corrected chi connectivity index (χ3v) is 4.03. The van der Waals surface area contributed by atoms with E-state index >= 15 is 0 Å². The van der Waals surface area contributed by atoms with Gasteiger partial charge in [-0.15, -0.1) is 0 Å². The first-order valence-electron chi connectivity index (χ1n) is 7.89. The highest BCUT2D eigenvalue weighted by molar-refractivity contribution is 6.04. The first-order valence-corrected chi connectivity index (χ1v) is 7.89. The van der Waals surface area contributed by atoms with Crippen LogP contribution in [0.15, 0.2) is 48.7 Å². The SMILES string of the molecule is Cc1cccc(-c2ccc3c(C(=O)O)cn(CC(C)C)c3c2)c1. The second-order valence-electron chi connectivity index (χ2n) is 6.50. The van der Waals surface area contributed by atoms with Crippen LogP contribution in [0.5, 0.6) is 0 Å². The number of hydrogen-bond acceptors (Lipinski definition) is 1. The summed E-state index contributed by atoms with van der Waals surface area (Å²) in [5.41, 5.74) is 4.83. The average molecular weight is 307 g/mol. The smallest absolute Gasteiger partial charge is 0.337 e. The van der Waals surface area contributed by atoms with Crippen molar-refractivity contribution < 1.29 is 9.90 Å². The van der Waals surface area contributed by atoms with Crippen molar-refractivity contribution in [1.29, 1.82) is 0 Å². The second kappa shape index (κ2) is 5.92. The van der Waals surface area contributed by atoms with Gasteiger partial charge in [-0.25, -0.2) is 4.79 Å². The van der Waals surface area contributed by atoms with E-state index in [-0.39, 0.29) is 0 Å². The standard InChI is InChI=1S/C20H21NO2/c1-13(2)11-21-12-18(20(22)23)17-8-7-16(10-19(17)21)15-6-4-5-14(3)9-15/h4-10,12-13H,11H2,1-3H3,(H,22,23). The molecule has 0 saturated carbocycles. The fraction of sp³-hybridized carbons (Fsp3) is 0.250. The summed E-state index contributed by atoms with van der Waals surface area (Å²) in [4.78, 5) is 11.5. The molecule has 0 fully saturated rings. The highest BCUT2D eigenvalue weighted by Crippen LogP contribution is 2.29. The van der Waals surface area contributed by atoms with Gasteiger partial charge in [0.2, 0.25) is 0 Å². The first kappa shape index (κ1) is 15.3. The van der Waals surface area contributed by atoms with E-state index in [1.807, 2.05) is 18.2 Å². The second-order valence-corrected chi connectivity index (χ2v) is 6.50. The van der Waals surface area contributed by atoms with Crippen molar-refractivity contribution in [3.8, 4) is 11.1 Å². The third-order valence-electron chi connectivity index (χ3n) is 4.03. The summed E-state index contributed by atoms with van der Waals surface area (Å²) in [6, 6.07) is 14.4. The predicted molar refractivity (Wildman–Crippen MR) is 93.9 cm³/mol. The molecule has 0 bridgehead atoms. The highest BCUT2D eigenvalue weighted by atomic mass is 16.4. The molecule has 3 aromatic rings. The van der Waals surface area contributed by atoms with Crippen LogP contribution in [0.3, 0.4) is 0 Å². The molecule has 3 heteroatoms. The lowest BCUT2D eigenvalue weighted by molar-refractivity contribution is 0.0698. The number of carboxylic acid groups (broad SMARTS) is 1. The fourth-order valence-corrected chi connectivity index (χ4v) is 3.01. The predicted octanol–water partition coefficient (Wildman–Crippen LogP) is 4.97. The Morgan fingerprint density at radius 2 is 1.87 bits per heavy atom. The average Bonchev–Trinajstić information content (AvgIpc) is 2.85. The topological polar surface area (TPSA) is 42.2 Å². The van der Waals surface area contributed by atoms with Crippen molar-refractivity contribution in [2.75, 3.05) is 0 Å². The Balaban J connectivity index is 2.19. The number of hydrogen-bond donors (Lipinski definition) is 1. The maximum Gasteiger partial charge on any atom is 0.337 e. The molecule has 0 aliphatic heterocycles. The number of carbonyl (C=O) groups is 1. The van der Waals surface area contributed by atoms with Gasteiger partial charge >= 0.3 is 5.97 Å². The molecule has 3 rings (SSSR count). The first-order chi connectivity index (χ1) is 11.0. The number of nitrogens with zero attached hydrogens (tertiary/aromatic N) is 1. The number of rotatable bonds is 4. The Labute approximate surface area is 136 Å². The van der Waals surface area contributed by atoms with Crippen LogP contribution in [0.1, 0.15) is 29.8 Å². The van der Waals surface area contributed by atoms with Gasteiger partial charge in [-0.2, -0.15) is 0 Å². The quantitative estimate of drug-likeness (QED) is 0.739. The van der Waals surface area contributed by atoms with Gasteiger partial charge in [0.05, 0.1) is 5.56 Å². The summed E-state index contributed by atoms with van der Waals surface area (Å²) in [6.07, 6.45) is 1.76. The van der Waals surface area contributed by atoms with Gasteiger partial charge in [0, 0.05) is 23.6 Å². The van der Waals surface area contributed by atoms with Crippen LogP contribution < -0.4 is 0 Å². The maximum atomic E-state index is 11.5. The number of aromatic carboxylic acids is 1. The van der Waals surface area contributed by atoms with Crippen LogP contribution in [0, 0.1) is 12.8 Å². The molecule has 0 aliphatic carbocycles. The van der Waals surface area contributed by atoms with Crippen LogP contribution in [0.4, 0.5) is 0 Å². The molecule has 0 radical (unpaired) electrons. The molecular weight excluding hydrogens is 286 g/mol. The maximum absolute atomic E-state index is 11.5. The van der Waals surface area contributed by atoms with Gasteiger partial charge in [-0.3, -0.25) is 0 Å². The molecule has 0 aliphatic rings. The molecule has 23 heavy (non-hydrogen) atoms. The summed E-state index contributed by atoms with van der Waals surface area (Å²) in [6.45, 7) is 7.15. The van der Waals surface area contributed by atoms with Crippen molar-refractivity contribution in [1.82, 2.24) is 4.57 Å².